The van der Waals surface area contributed by atoms with E-state index in [4.69, 9.17) is 33.9 Å². The Kier molecular flexibility index (Phi) is 5.10. The maximum atomic E-state index is 6.33. The van der Waals surface area contributed by atoms with Crippen molar-refractivity contribution < 1.29 is 0 Å². The van der Waals surface area contributed by atoms with E-state index in [2.05, 4.69) is 11.0 Å². The predicted octanol–water partition coefficient (Wildman–Crippen LogP) is 4.97. The first-order valence-corrected chi connectivity index (χ1v) is 10.0. The molecule has 2 aromatic carbocycles. The second-order valence-electron chi connectivity index (χ2n) is 6.38. The zero-order valence-corrected chi connectivity index (χ0v) is 17.4. The third-order valence-corrected chi connectivity index (χ3v) is 6.11. The fraction of sp³-hybridized carbons (Fsp3) is 0.211. The van der Waals surface area contributed by atoms with Crippen molar-refractivity contribution in [3.05, 3.63) is 63.3 Å². The van der Waals surface area contributed by atoms with E-state index >= 15 is 0 Å². The van der Waals surface area contributed by atoms with Gasteiger partial charge in [0, 0.05) is 12.6 Å². The maximum Gasteiger partial charge on any atom is 0.199 e. The smallest absolute Gasteiger partial charge is 0.199 e. The number of thiazole rings is 1. The largest absolute Gasteiger partial charge is 0.303 e. The molecule has 0 unspecified atom stereocenters. The van der Waals surface area contributed by atoms with Gasteiger partial charge in [-0.05, 0) is 43.5 Å². The molecule has 138 valence electrons. The molecule has 5 nitrogen and oxygen atoms in total. The summed E-state index contributed by atoms with van der Waals surface area (Å²) in [6.07, 6.45) is 0. The molecule has 4 aromatic rings. The van der Waals surface area contributed by atoms with Crippen LogP contribution in [0.5, 0.6) is 0 Å². The third kappa shape index (κ3) is 3.68. The quantitative estimate of drug-likeness (QED) is 0.431. The van der Waals surface area contributed by atoms with Crippen LogP contribution >= 0.6 is 35.2 Å². The molecule has 0 aliphatic carbocycles. The predicted molar refractivity (Wildman–Crippen MR) is 114 cm³/mol. The van der Waals surface area contributed by atoms with Crippen LogP contribution in [-0.4, -0.2) is 31.3 Å². The number of hydrogen-bond acceptors (Lipinski definition) is 5. The highest BCUT2D eigenvalue weighted by atomic mass is 35.5. The highest BCUT2D eigenvalue weighted by molar-refractivity contribution is 7.71. The Morgan fingerprint density at radius 2 is 1.89 bits per heavy atom. The second-order valence-corrected chi connectivity index (χ2v) is 8.26. The summed E-state index contributed by atoms with van der Waals surface area (Å²) >= 11 is 13.6. The van der Waals surface area contributed by atoms with Gasteiger partial charge in [-0.2, -0.15) is 5.10 Å². The van der Waals surface area contributed by atoms with Gasteiger partial charge in [0.15, 0.2) is 10.6 Å². The first-order chi connectivity index (χ1) is 13.0. The Bertz CT molecular complexity index is 1130. The molecule has 2 aromatic heterocycles. The van der Waals surface area contributed by atoms with Crippen molar-refractivity contribution in [1.29, 1.82) is 0 Å². The van der Waals surface area contributed by atoms with Crippen LogP contribution in [0.2, 0.25) is 5.02 Å². The molecule has 0 saturated carbocycles. The van der Waals surface area contributed by atoms with E-state index in [1.165, 1.54) is 4.70 Å². The van der Waals surface area contributed by atoms with Crippen molar-refractivity contribution in [2.45, 2.75) is 13.2 Å². The van der Waals surface area contributed by atoms with Gasteiger partial charge in [-0.15, -0.1) is 11.3 Å². The standard InChI is InChI=1S/C19H18ClN5S2/c1-23(11-17-21-15-9-5-6-10-16(15)27-17)12-25-19(26)24(2)18(22-25)13-7-3-4-8-14(13)20/h3-10H,11-12H2,1-2H3. The number of hydrogen-bond donors (Lipinski definition) is 0. The molecule has 0 N–H and O–H groups in total. The van der Waals surface area contributed by atoms with E-state index < -0.39 is 0 Å². The monoisotopic (exact) mass is 415 g/mol. The Balaban J connectivity index is 1.56. The molecule has 0 aliphatic heterocycles. The molecule has 0 spiro atoms. The third-order valence-electron chi connectivity index (χ3n) is 4.27. The van der Waals surface area contributed by atoms with Crippen molar-refractivity contribution in [3.8, 4) is 11.4 Å². The lowest BCUT2D eigenvalue weighted by atomic mass is 10.2. The van der Waals surface area contributed by atoms with Crippen LogP contribution in [0.1, 0.15) is 5.01 Å². The summed E-state index contributed by atoms with van der Waals surface area (Å²) in [6.45, 7) is 1.31. The SMILES string of the molecule is CN(Cc1nc2ccccc2s1)Cn1nc(-c2ccccc2Cl)n(C)c1=S. The maximum absolute atomic E-state index is 6.33. The highest BCUT2D eigenvalue weighted by Crippen LogP contribution is 2.26. The normalized spacial score (nSPS) is 11.6. The van der Waals surface area contributed by atoms with Gasteiger partial charge in [0.25, 0.3) is 0 Å². The van der Waals surface area contributed by atoms with Gasteiger partial charge >= 0.3 is 0 Å². The number of benzene rings is 2. The Labute approximate surface area is 171 Å². The van der Waals surface area contributed by atoms with Crippen LogP contribution in [0.15, 0.2) is 48.5 Å². The summed E-state index contributed by atoms with van der Waals surface area (Å²) in [6, 6.07) is 15.9. The molecule has 27 heavy (non-hydrogen) atoms. The van der Waals surface area contributed by atoms with Crippen molar-refractivity contribution in [2.24, 2.45) is 7.05 Å². The summed E-state index contributed by atoms with van der Waals surface area (Å²) in [5, 5.41) is 6.44. The first kappa shape index (κ1) is 18.3. The van der Waals surface area contributed by atoms with E-state index in [1.807, 2.05) is 65.8 Å². The van der Waals surface area contributed by atoms with E-state index in [-0.39, 0.29) is 0 Å². The highest BCUT2D eigenvalue weighted by Gasteiger charge is 2.14. The summed E-state index contributed by atoms with van der Waals surface area (Å²) < 4.78 is 5.57. The summed E-state index contributed by atoms with van der Waals surface area (Å²) in [4.78, 5) is 6.85. The minimum atomic E-state index is 0.576. The minimum absolute atomic E-state index is 0.576. The molecular weight excluding hydrogens is 398 g/mol. The van der Waals surface area contributed by atoms with Crippen molar-refractivity contribution in [2.75, 3.05) is 7.05 Å². The van der Waals surface area contributed by atoms with E-state index in [0.717, 1.165) is 28.5 Å². The molecule has 0 amide bonds. The lowest BCUT2D eigenvalue weighted by molar-refractivity contribution is 0.244. The number of aromatic nitrogens is 4. The molecule has 0 aliphatic rings. The van der Waals surface area contributed by atoms with Crippen molar-refractivity contribution in [1.82, 2.24) is 24.2 Å². The van der Waals surface area contributed by atoms with Gasteiger partial charge in [0.05, 0.1) is 28.5 Å². The number of halogens is 1. The molecule has 0 atom stereocenters. The molecule has 8 heteroatoms. The van der Waals surface area contributed by atoms with E-state index in [0.29, 0.717) is 16.5 Å². The average Bonchev–Trinajstić information content (AvgIpc) is 3.17. The minimum Gasteiger partial charge on any atom is -0.303 e. The van der Waals surface area contributed by atoms with Gasteiger partial charge in [0.2, 0.25) is 0 Å². The number of rotatable bonds is 5. The van der Waals surface area contributed by atoms with E-state index in [9.17, 15) is 0 Å². The van der Waals surface area contributed by atoms with Crippen molar-refractivity contribution >= 4 is 45.4 Å². The average molecular weight is 416 g/mol. The van der Waals surface area contributed by atoms with Gasteiger partial charge in [-0.3, -0.25) is 4.90 Å². The van der Waals surface area contributed by atoms with Crippen molar-refractivity contribution in [3.63, 3.8) is 0 Å². The van der Waals surface area contributed by atoms with Crippen LogP contribution in [0.3, 0.4) is 0 Å². The fourth-order valence-electron chi connectivity index (χ4n) is 2.95. The molecule has 0 radical (unpaired) electrons. The molecule has 4 rings (SSSR count). The van der Waals surface area contributed by atoms with Gasteiger partial charge < -0.3 is 4.57 Å². The zero-order valence-electron chi connectivity index (χ0n) is 15.0. The van der Waals surface area contributed by atoms with Crippen LogP contribution < -0.4 is 0 Å². The van der Waals surface area contributed by atoms with Gasteiger partial charge in [0.1, 0.15) is 5.01 Å². The Morgan fingerprint density at radius 1 is 1.15 bits per heavy atom. The lowest BCUT2D eigenvalue weighted by Crippen LogP contribution is -2.22. The number of nitrogens with zero attached hydrogens (tertiary/aromatic N) is 5. The van der Waals surface area contributed by atoms with Crippen LogP contribution in [-0.2, 0) is 20.3 Å². The topological polar surface area (TPSA) is 38.9 Å². The summed E-state index contributed by atoms with van der Waals surface area (Å²) in [5.41, 5.74) is 1.92. The van der Waals surface area contributed by atoms with E-state index in [1.54, 1.807) is 11.3 Å². The van der Waals surface area contributed by atoms with Gasteiger partial charge in [-0.1, -0.05) is 35.9 Å². The zero-order chi connectivity index (χ0) is 19.0. The number of para-hydroxylation sites is 1. The van der Waals surface area contributed by atoms with Crippen LogP contribution in [0, 0.1) is 4.77 Å². The van der Waals surface area contributed by atoms with Crippen LogP contribution in [0.25, 0.3) is 21.6 Å². The summed E-state index contributed by atoms with van der Waals surface area (Å²) in [7, 11) is 3.95. The molecule has 0 saturated heterocycles. The van der Waals surface area contributed by atoms with Crippen LogP contribution in [0.4, 0.5) is 0 Å². The number of fused-ring (bicyclic) bond motifs is 1. The molecule has 0 fully saturated rings. The Hall–Kier alpha value is -2.06. The fourth-order valence-corrected chi connectivity index (χ4v) is 4.41. The first-order valence-electron chi connectivity index (χ1n) is 8.44. The summed E-state index contributed by atoms with van der Waals surface area (Å²) in [5.74, 6) is 0.763. The molecular formula is C19H18ClN5S2. The molecule has 2 heterocycles. The second kappa shape index (κ2) is 7.52. The lowest BCUT2D eigenvalue weighted by Gasteiger charge is -2.14. The molecule has 0 bridgehead atoms. The Morgan fingerprint density at radius 3 is 2.67 bits per heavy atom. The van der Waals surface area contributed by atoms with Gasteiger partial charge in [-0.25, -0.2) is 9.67 Å².